The van der Waals surface area contributed by atoms with Crippen LogP contribution in [0.1, 0.15) is 34.6 Å². The molecule has 1 nitrogen and oxygen atoms in total. The minimum absolute atomic E-state index is 0.218. The fourth-order valence-electron chi connectivity index (χ4n) is 1.29. The third-order valence-corrected chi connectivity index (χ3v) is 10.1. The third kappa shape index (κ3) is 2.44. The van der Waals surface area contributed by atoms with Crippen molar-refractivity contribution in [3.8, 4) is 0 Å². The standard InChI is InChI=1S/C11H24OSi/c1-8-9-11(5,12)13(6,7)10(2,3)4/h8-9,12H,1-7H3/b9-8+/t11-/m1/s1. The van der Waals surface area contributed by atoms with E-state index in [4.69, 9.17) is 0 Å². The summed E-state index contributed by atoms with van der Waals surface area (Å²) in [6.07, 6.45) is 3.88. The molecule has 0 spiro atoms. The van der Waals surface area contributed by atoms with E-state index in [9.17, 15) is 5.11 Å². The first-order valence-electron chi connectivity index (χ1n) is 4.92. The second kappa shape index (κ2) is 3.58. The number of allylic oxidation sites excluding steroid dienone is 1. The SMILES string of the molecule is C/C=C/[C@](C)(O)[Si](C)(C)C(C)(C)C. The van der Waals surface area contributed by atoms with Crippen LogP contribution < -0.4 is 0 Å². The average Bonchev–Trinajstić information content (AvgIpc) is 1.84. The van der Waals surface area contributed by atoms with Crippen molar-refractivity contribution in [2.24, 2.45) is 0 Å². The van der Waals surface area contributed by atoms with Gasteiger partial charge in [-0.05, 0) is 18.9 Å². The first kappa shape index (κ1) is 12.9. The van der Waals surface area contributed by atoms with E-state index in [0.717, 1.165) is 0 Å². The summed E-state index contributed by atoms with van der Waals surface area (Å²) in [5.74, 6) is 0. The van der Waals surface area contributed by atoms with Crippen LogP contribution in [0.25, 0.3) is 0 Å². The number of hydrogen-bond donors (Lipinski definition) is 1. The highest BCUT2D eigenvalue weighted by Crippen LogP contribution is 2.42. The molecule has 0 fully saturated rings. The van der Waals surface area contributed by atoms with Crippen molar-refractivity contribution in [3.05, 3.63) is 12.2 Å². The second-order valence-corrected chi connectivity index (χ2v) is 11.3. The Kier molecular flexibility index (Phi) is 3.56. The number of hydrogen-bond acceptors (Lipinski definition) is 1. The highest BCUT2D eigenvalue weighted by Gasteiger charge is 2.47. The van der Waals surface area contributed by atoms with Gasteiger partial charge >= 0.3 is 0 Å². The summed E-state index contributed by atoms with van der Waals surface area (Å²) in [6.45, 7) is 15.0. The lowest BCUT2D eigenvalue weighted by molar-refractivity contribution is 0.180. The van der Waals surface area contributed by atoms with Crippen molar-refractivity contribution in [1.82, 2.24) is 0 Å². The van der Waals surface area contributed by atoms with Gasteiger partial charge in [0.05, 0.1) is 13.3 Å². The molecule has 0 aromatic carbocycles. The highest BCUT2D eigenvalue weighted by atomic mass is 28.3. The van der Waals surface area contributed by atoms with Gasteiger partial charge in [-0.3, -0.25) is 0 Å². The molecule has 0 heterocycles. The fourth-order valence-corrected chi connectivity index (χ4v) is 3.39. The lowest BCUT2D eigenvalue weighted by Gasteiger charge is -2.46. The maximum atomic E-state index is 10.4. The Morgan fingerprint density at radius 3 is 1.69 bits per heavy atom. The van der Waals surface area contributed by atoms with Gasteiger partial charge in [-0.1, -0.05) is 46.0 Å². The van der Waals surface area contributed by atoms with Crippen molar-refractivity contribution in [1.29, 1.82) is 0 Å². The molecule has 0 aliphatic carbocycles. The molecule has 1 atom stereocenters. The topological polar surface area (TPSA) is 20.2 Å². The molecule has 0 amide bonds. The summed E-state index contributed by atoms with van der Waals surface area (Å²) >= 11 is 0. The third-order valence-electron chi connectivity index (χ3n) is 3.63. The zero-order chi connectivity index (χ0) is 10.9. The smallest absolute Gasteiger partial charge is 0.0949 e. The van der Waals surface area contributed by atoms with Crippen molar-refractivity contribution in [2.75, 3.05) is 0 Å². The summed E-state index contributed by atoms with van der Waals surface area (Å²) in [4.78, 5) is 0. The van der Waals surface area contributed by atoms with E-state index in [1.165, 1.54) is 0 Å². The van der Waals surface area contributed by atoms with Gasteiger partial charge < -0.3 is 5.11 Å². The van der Waals surface area contributed by atoms with Crippen LogP contribution in [0.2, 0.25) is 18.1 Å². The van der Waals surface area contributed by atoms with Gasteiger partial charge in [0.1, 0.15) is 0 Å². The Morgan fingerprint density at radius 1 is 1.08 bits per heavy atom. The molecule has 0 aliphatic rings. The molecule has 78 valence electrons. The fraction of sp³-hybridized carbons (Fsp3) is 0.818. The van der Waals surface area contributed by atoms with Crippen LogP contribution in [0.3, 0.4) is 0 Å². The molecule has 0 aromatic heterocycles. The van der Waals surface area contributed by atoms with E-state index in [2.05, 4.69) is 33.9 Å². The van der Waals surface area contributed by atoms with Gasteiger partial charge in [0.2, 0.25) is 0 Å². The predicted molar refractivity (Wildman–Crippen MR) is 62.6 cm³/mol. The molecule has 0 saturated heterocycles. The summed E-state index contributed by atoms with van der Waals surface area (Å²) in [6, 6.07) is 0. The van der Waals surface area contributed by atoms with E-state index < -0.39 is 13.3 Å². The van der Waals surface area contributed by atoms with Crippen LogP contribution in [-0.2, 0) is 0 Å². The van der Waals surface area contributed by atoms with Crippen LogP contribution in [0.15, 0.2) is 12.2 Å². The minimum atomic E-state index is -1.68. The zero-order valence-corrected chi connectivity index (χ0v) is 11.1. The molecule has 13 heavy (non-hydrogen) atoms. The first-order valence-corrected chi connectivity index (χ1v) is 7.92. The van der Waals surface area contributed by atoms with Crippen molar-refractivity contribution in [3.63, 3.8) is 0 Å². The molecule has 2 heteroatoms. The van der Waals surface area contributed by atoms with Gasteiger partial charge in [-0.15, -0.1) is 0 Å². The molecular formula is C11H24OSi. The van der Waals surface area contributed by atoms with Gasteiger partial charge in [-0.25, -0.2) is 0 Å². The highest BCUT2D eigenvalue weighted by molar-refractivity contribution is 6.83. The molecule has 0 aliphatic heterocycles. The first-order chi connectivity index (χ1) is 5.56. The van der Waals surface area contributed by atoms with Crippen LogP contribution in [0, 0.1) is 0 Å². The molecule has 0 rings (SSSR count). The Bertz CT molecular complexity index is 197. The van der Waals surface area contributed by atoms with Crippen LogP contribution in [0.4, 0.5) is 0 Å². The van der Waals surface area contributed by atoms with Gasteiger partial charge in [0, 0.05) is 0 Å². The van der Waals surface area contributed by atoms with Crippen LogP contribution in [-0.4, -0.2) is 18.4 Å². The van der Waals surface area contributed by atoms with E-state index in [1.807, 2.05) is 26.0 Å². The Hall–Kier alpha value is -0.0831. The molecule has 0 radical (unpaired) electrons. The van der Waals surface area contributed by atoms with E-state index >= 15 is 0 Å². The monoisotopic (exact) mass is 200 g/mol. The van der Waals surface area contributed by atoms with E-state index in [0.29, 0.717) is 0 Å². The molecule has 0 bridgehead atoms. The maximum Gasteiger partial charge on any atom is 0.0949 e. The van der Waals surface area contributed by atoms with Gasteiger partial charge in [0.15, 0.2) is 0 Å². The molecule has 0 aromatic rings. The lowest BCUT2D eigenvalue weighted by Crippen LogP contribution is -2.56. The predicted octanol–water partition coefficient (Wildman–Crippen LogP) is 3.36. The van der Waals surface area contributed by atoms with Crippen molar-refractivity contribution in [2.45, 2.75) is 58.0 Å². The second-order valence-electron chi connectivity index (χ2n) is 5.52. The normalized spacial score (nSPS) is 19.1. The summed E-state index contributed by atoms with van der Waals surface area (Å²) in [5, 5.41) is 9.96. The van der Waals surface area contributed by atoms with E-state index in [1.54, 1.807) is 0 Å². The van der Waals surface area contributed by atoms with Gasteiger partial charge in [-0.2, -0.15) is 0 Å². The van der Waals surface area contributed by atoms with Crippen molar-refractivity contribution < 1.29 is 5.11 Å². The molecule has 0 unspecified atom stereocenters. The average molecular weight is 200 g/mol. The van der Waals surface area contributed by atoms with Gasteiger partial charge in [0.25, 0.3) is 0 Å². The molecule has 1 N–H and O–H groups in total. The maximum absolute atomic E-state index is 10.4. The Labute approximate surface area is 83.9 Å². The molecule has 0 saturated carbocycles. The van der Waals surface area contributed by atoms with Crippen LogP contribution >= 0.6 is 0 Å². The number of aliphatic hydroxyl groups is 1. The Balaban J connectivity index is 5.03. The van der Waals surface area contributed by atoms with Crippen molar-refractivity contribution >= 4 is 8.07 Å². The lowest BCUT2D eigenvalue weighted by atomic mass is 10.2. The minimum Gasteiger partial charge on any atom is -0.390 e. The van der Waals surface area contributed by atoms with Crippen LogP contribution in [0.5, 0.6) is 0 Å². The summed E-state index contributed by atoms with van der Waals surface area (Å²) < 4.78 is 0. The number of rotatable bonds is 2. The largest absolute Gasteiger partial charge is 0.390 e. The Morgan fingerprint density at radius 2 is 1.46 bits per heavy atom. The zero-order valence-electron chi connectivity index (χ0n) is 10.1. The summed E-state index contributed by atoms with van der Waals surface area (Å²) in [5.41, 5.74) is 0. The molecular weight excluding hydrogens is 176 g/mol. The van der Waals surface area contributed by atoms with E-state index in [-0.39, 0.29) is 5.04 Å². The summed E-state index contributed by atoms with van der Waals surface area (Å²) in [7, 11) is -1.68. The quantitative estimate of drug-likeness (QED) is 0.535.